The number of nitrogens with zero attached hydrogens (tertiary/aromatic N) is 1. The van der Waals surface area contributed by atoms with E-state index in [2.05, 4.69) is 12.2 Å². The zero-order valence-electron chi connectivity index (χ0n) is 18.5. The van der Waals surface area contributed by atoms with Crippen LogP contribution in [0.1, 0.15) is 49.8 Å². The summed E-state index contributed by atoms with van der Waals surface area (Å²) < 4.78 is 5.32. The molecule has 0 radical (unpaired) electrons. The number of methoxy groups -OCH3 is 1. The molecule has 1 saturated carbocycles. The molecule has 2 amide bonds. The van der Waals surface area contributed by atoms with Crippen LogP contribution in [0.2, 0.25) is 5.02 Å². The molecule has 172 valence electrons. The number of amides is 2. The van der Waals surface area contributed by atoms with E-state index in [9.17, 15) is 9.59 Å². The molecule has 0 unspecified atom stereocenters. The van der Waals surface area contributed by atoms with Gasteiger partial charge in [-0.3, -0.25) is 9.59 Å². The Bertz CT molecular complexity index is 920. The van der Waals surface area contributed by atoms with Crippen molar-refractivity contribution in [2.24, 2.45) is 5.92 Å². The largest absolute Gasteiger partial charge is 0.497 e. The normalized spacial score (nSPS) is 19.1. The van der Waals surface area contributed by atoms with E-state index in [0.717, 1.165) is 24.8 Å². The molecule has 0 saturated heterocycles. The van der Waals surface area contributed by atoms with Gasteiger partial charge in [0.2, 0.25) is 11.8 Å². The Morgan fingerprint density at radius 1 is 1.16 bits per heavy atom. The van der Waals surface area contributed by atoms with E-state index in [1.807, 2.05) is 24.3 Å². The van der Waals surface area contributed by atoms with E-state index in [1.54, 1.807) is 31.4 Å². The molecule has 1 fully saturated rings. The van der Waals surface area contributed by atoms with Crippen LogP contribution in [0.5, 0.6) is 5.75 Å². The van der Waals surface area contributed by atoms with Gasteiger partial charge in [0.1, 0.15) is 17.7 Å². The first-order chi connectivity index (χ1) is 15.4. The van der Waals surface area contributed by atoms with Crippen LogP contribution in [-0.4, -0.2) is 35.7 Å². The minimum atomic E-state index is -0.821. The SMILES string of the molecule is COc1cccc(CN(C(=O)CCl)[C@H](C(=O)N[C@H]2CCCC[C@@H]2C)c2ccc(Cl)cc2)c1. The second-order valence-electron chi connectivity index (χ2n) is 8.34. The van der Waals surface area contributed by atoms with Crippen molar-refractivity contribution in [3.8, 4) is 5.75 Å². The first-order valence-corrected chi connectivity index (χ1v) is 11.9. The van der Waals surface area contributed by atoms with Crippen LogP contribution in [0.3, 0.4) is 0 Å². The van der Waals surface area contributed by atoms with Crippen molar-refractivity contribution in [2.45, 2.75) is 51.2 Å². The van der Waals surface area contributed by atoms with Gasteiger partial charge >= 0.3 is 0 Å². The first-order valence-electron chi connectivity index (χ1n) is 11.0. The van der Waals surface area contributed by atoms with Crippen LogP contribution < -0.4 is 10.1 Å². The number of benzene rings is 2. The summed E-state index contributed by atoms with van der Waals surface area (Å²) >= 11 is 12.1. The quantitative estimate of drug-likeness (QED) is 0.522. The lowest BCUT2D eigenvalue weighted by molar-refractivity contribution is -0.140. The van der Waals surface area contributed by atoms with E-state index in [0.29, 0.717) is 22.3 Å². The average Bonchev–Trinajstić information content (AvgIpc) is 2.81. The summed E-state index contributed by atoms with van der Waals surface area (Å²) in [4.78, 5) is 28.1. The molecular formula is C25H30Cl2N2O3. The summed E-state index contributed by atoms with van der Waals surface area (Å²) in [7, 11) is 1.59. The molecule has 0 aromatic heterocycles. The number of carbonyl (C=O) groups excluding carboxylic acids is 2. The lowest BCUT2D eigenvalue weighted by Crippen LogP contribution is -2.49. The Morgan fingerprint density at radius 2 is 1.88 bits per heavy atom. The molecule has 5 nitrogen and oxygen atoms in total. The number of carbonyl (C=O) groups is 2. The Kier molecular flexibility index (Phi) is 8.83. The zero-order valence-corrected chi connectivity index (χ0v) is 20.0. The predicted molar refractivity (Wildman–Crippen MR) is 128 cm³/mol. The molecule has 0 bridgehead atoms. The lowest BCUT2D eigenvalue weighted by Gasteiger charge is -2.35. The van der Waals surface area contributed by atoms with Gasteiger partial charge in [-0.15, -0.1) is 11.6 Å². The Hall–Kier alpha value is -2.24. The highest BCUT2D eigenvalue weighted by atomic mass is 35.5. The number of alkyl halides is 1. The van der Waals surface area contributed by atoms with Crippen molar-refractivity contribution >= 4 is 35.0 Å². The van der Waals surface area contributed by atoms with Gasteiger partial charge in [-0.2, -0.15) is 0 Å². The number of nitrogens with one attached hydrogen (secondary N) is 1. The first kappa shape index (κ1) is 24.4. The third-order valence-corrected chi connectivity index (χ3v) is 6.59. The highest BCUT2D eigenvalue weighted by Crippen LogP contribution is 2.29. The van der Waals surface area contributed by atoms with Crippen LogP contribution in [0.25, 0.3) is 0 Å². The van der Waals surface area contributed by atoms with Crippen LogP contribution in [0.15, 0.2) is 48.5 Å². The van der Waals surface area contributed by atoms with Crippen LogP contribution in [0.4, 0.5) is 0 Å². The molecule has 3 atom stereocenters. The summed E-state index contributed by atoms with van der Waals surface area (Å²) in [5, 5.41) is 3.78. The maximum absolute atomic E-state index is 13.6. The number of hydrogen-bond acceptors (Lipinski definition) is 3. The summed E-state index contributed by atoms with van der Waals surface area (Å²) in [5.41, 5.74) is 1.54. The Morgan fingerprint density at radius 3 is 2.53 bits per heavy atom. The fraction of sp³-hybridized carbons (Fsp3) is 0.440. The minimum absolute atomic E-state index is 0.0934. The zero-order chi connectivity index (χ0) is 23.1. The van der Waals surface area contributed by atoms with Gasteiger partial charge in [-0.1, -0.05) is 55.6 Å². The highest BCUT2D eigenvalue weighted by molar-refractivity contribution is 6.30. The second-order valence-corrected chi connectivity index (χ2v) is 9.04. The maximum atomic E-state index is 13.6. The van der Waals surface area contributed by atoms with Crippen molar-refractivity contribution in [3.05, 3.63) is 64.7 Å². The molecule has 0 heterocycles. The smallest absolute Gasteiger partial charge is 0.247 e. The number of rotatable bonds is 8. The van der Waals surface area contributed by atoms with Gasteiger partial charge in [0.15, 0.2) is 0 Å². The fourth-order valence-electron chi connectivity index (χ4n) is 4.28. The number of halogens is 2. The molecule has 7 heteroatoms. The molecule has 3 rings (SSSR count). The standard InChI is InChI=1S/C25H30Cl2N2O3/c1-17-6-3-4-9-22(17)28-25(31)24(19-10-12-20(27)13-11-19)29(23(30)15-26)16-18-7-5-8-21(14-18)32-2/h5,7-8,10-14,17,22,24H,3-4,6,9,15-16H2,1-2H3,(H,28,31)/t17-,22-,24-/m0/s1. The minimum Gasteiger partial charge on any atom is -0.497 e. The van der Waals surface area contributed by atoms with E-state index < -0.39 is 6.04 Å². The molecule has 1 aliphatic rings. The molecular weight excluding hydrogens is 447 g/mol. The predicted octanol–water partition coefficient (Wildman–Crippen LogP) is 5.35. The van der Waals surface area contributed by atoms with Gasteiger partial charge in [-0.25, -0.2) is 0 Å². The second kappa shape index (κ2) is 11.6. The third-order valence-electron chi connectivity index (χ3n) is 6.11. The summed E-state index contributed by atoms with van der Waals surface area (Å²) in [6, 6.07) is 13.8. The summed E-state index contributed by atoms with van der Waals surface area (Å²) in [6.07, 6.45) is 4.31. The van der Waals surface area contributed by atoms with E-state index in [-0.39, 0.29) is 30.3 Å². The van der Waals surface area contributed by atoms with Crippen molar-refractivity contribution in [1.29, 1.82) is 0 Å². The number of hydrogen-bond donors (Lipinski definition) is 1. The molecule has 2 aromatic rings. The maximum Gasteiger partial charge on any atom is 0.247 e. The molecule has 0 aliphatic heterocycles. The Labute approximate surface area is 200 Å². The van der Waals surface area contributed by atoms with E-state index in [4.69, 9.17) is 27.9 Å². The Balaban J connectivity index is 1.95. The van der Waals surface area contributed by atoms with Gasteiger partial charge < -0.3 is 15.0 Å². The molecule has 2 aromatic carbocycles. The van der Waals surface area contributed by atoms with Crippen LogP contribution in [0, 0.1) is 5.92 Å². The number of ether oxygens (including phenoxy) is 1. The third kappa shape index (κ3) is 6.17. The van der Waals surface area contributed by atoms with E-state index >= 15 is 0 Å². The van der Waals surface area contributed by atoms with Crippen molar-refractivity contribution < 1.29 is 14.3 Å². The van der Waals surface area contributed by atoms with Gasteiger partial charge in [0.25, 0.3) is 0 Å². The summed E-state index contributed by atoms with van der Waals surface area (Å²) in [5.74, 6) is 0.341. The van der Waals surface area contributed by atoms with Crippen molar-refractivity contribution in [2.75, 3.05) is 13.0 Å². The molecule has 0 spiro atoms. The van der Waals surface area contributed by atoms with Crippen molar-refractivity contribution in [1.82, 2.24) is 10.2 Å². The summed E-state index contributed by atoms with van der Waals surface area (Å²) in [6.45, 7) is 2.39. The molecule has 32 heavy (non-hydrogen) atoms. The van der Waals surface area contributed by atoms with Gasteiger partial charge in [-0.05, 0) is 54.2 Å². The van der Waals surface area contributed by atoms with Crippen LogP contribution in [-0.2, 0) is 16.1 Å². The van der Waals surface area contributed by atoms with Gasteiger partial charge in [0.05, 0.1) is 7.11 Å². The monoisotopic (exact) mass is 476 g/mol. The average molecular weight is 477 g/mol. The van der Waals surface area contributed by atoms with Crippen molar-refractivity contribution in [3.63, 3.8) is 0 Å². The topological polar surface area (TPSA) is 58.6 Å². The van der Waals surface area contributed by atoms with Crippen LogP contribution >= 0.6 is 23.2 Å². The fourth-order valence-corrected chi connectivity index (χ4v) is 4.56. The molecule has 1 N–H and O–H groups in total. The molecule has 1 aliphatic carbocycles. The highest BCUT2D eigenvalue weighted by Gasteiger charge is 2.33. The van der Waals surface area contributed by atoms with E-state index in [1.165, 1.54) is 11.3 Å². The lowest BCUT2D eigenvalue weighted by atomic mass is 9.85. The van der Waals surface area contributed by atoms with Gasteiger partial charge in [0, 0.05) is 17.6 Å².